The Morgan fingerprint density at radius 2 is 1.95 bits per heavy atom. The van der Waals surface area contributed by atoms with Crippen molar-refractivity contribution in [3.05, 3.63) is 70.2 Å². The fourth-order valence-electron chi connectivity index (χ4n) is 2.78. The maximum atomic E-state index is 12.6. The molecule has 1 fully saturated rings. The maximum absolute atomic E-state index is 12.6. The Kier molecular flexibility index (Phi) is 3.90. The van der Waals surface area contributed by atoms with E-state index in [1.807, 2.05) is 42.5 Å². The van der Waals surface area contributed by atoms with Gasteiger partial charge < -0.3 is 0 Å². The topological polar surface area (TPSA) is 40.9 Å². The third kappa shape index (κ3) is 2.91. The standard InChI is InChI=1S/C18H14BrNO/c19-14-8-4-7-13(9-14)17(11-20)18(21)16-10-15(16)12-5-2-1-3-6-12/h1-9,15-17H,10H2. The van der Waals surface area contributed by atoms with Gasteiger partial charge in [0.05, 0.1) is 6.07 Å². The molecule has 3 heteroatoms. The van der Waals surface area contributed by atoms with E-state index in [4.69, 9.17) is 0 Å². The van der Waals surface area contributed by atoms with Crippen LogP contribution in [0.25, 0.3) is 0 Å². The number of carbonyl (C=O) groups is 1. The first kappa shape index (κ1) is 14.0. The van der Waals surface area contributed by atoms with Gasteiger partial charge in [-0.15, -0.1) is 0 Å². The molecule has 1 aliphatic rings. The second-order valence-electron chi connectivity index (χ2n) is 5.38. The first-order chi connectivity index (χ1) is 10.2. The molecule has 0 saturated heterocycles. The normalized spacial score (nSPS) is 21.3. The number of nitrogens with zero attached hydrogens (tertiary/aromatic N) is 1. The van der Waals surface area contributed by atoms with Crippen LogP contribution in [0, 0.1) is 17.2 Å². The van der Waals surface area contributed by atoms with Crippen molar-refractivity contribution in [2.45, 2.75) is 18.3 Å². The molecule has 2 aromatic carbocycles. The third-order valence-electron chi connectivity index (χ3n) is 3.98. The average Bonchev–Trinajstić information content (AvgIpc) is 3.29. The number of ketones is 1. The van der Waals surface area contributed by atoms with Gasteiger partial charge in [-0.2, -0.15) is 5.26 Å². The predicted molar refractivity (Wildman–Crippen MR) is 84.8 cm³/mol. The molecule has 0 heterocycles. The molecule has 0 spiro atoms. The molecule has 21 heavy (non-hydrogen) atoms. The monoisotopic (exact) mass is 339 g/mol. The molecule has 3 atom stereocenters. The fourth-order valence-corrected chi connectivity index (χ4v) is 3.20. The first-order valence-electron chi connectivity index (χ1n) is 6.94. The molecule has 0 aromatic heterocycles. The number of halogens is 1. The van der Waals surface area contributed by atoms with Gasteiger partial charge in [-0.3, -0.25) is 4.79 Å². The van der Waals surface area contributed by atoms with Crippen LogP contribution in [0.3, 0.4) is 0 Å². The Hall–Kier alpha value is -1.92. The van der Waals surface area contributed by atoms with Crippen molar-refractivity contribution < 1.29 is 4.79 Å². The summed E-state index contributed by atoms with van der Waals surface area (Å²) in [5, 5.41) is 9.39. The zero-order valence-corrected chi connectivity index (χ0v) is 13.0. The van der Waals surface area contributed by atoms with E-state index >= 15 is 0 Å². The molecule has 0 N–H and O–H groups in total. The molecule has 104 valence electrons. The molecular formula is C18H14BrNO. The summed E-state index contributed by atoms with van der Waals surface area (Å²) in [6, 6.07) is 19.7. The van der Waals surface area contributed by atoms with Crippen molar-refractivity contribution in [2.75, 3.05) is 0 Å². The van der Waals surface area contributed by atoms with Crippen LogP contribution in [0.5, 0.6) is 0 Å². The first-order valence-corrected chi connectivity index (χ1v) is 7.73. The Balaban J connectivity index is 1.78. The van der Waals surface area contributed by atoms with Crippen LogP contribution in [0.15, 0.2) is 59.1 Å². The van der Waals surface area contributed by atoms with Gasteiger partial charge in [0.25, 0.3) is 0 Å². The van der Waals surface area contributed by atoms with E-state index in [1.165, 1.54) is 5.56 Å². The van der Waals surface area contributed by atoms with E-state index in [-0.39, 0.29) is 17.6 Å². The van der Waals surface area contributed by atoms with Crippen LogP contribution < -0.4 is 0 Å². The van der Waals surface area contributed by atoms with E-state index in [9.17, 15) is 10.1 Å². The van der Waals surface area contributed by atoms with Crippen LogP contribution in [0.1, 0.15) is 29.4 Å². The van der Waals surface area contributed by atoms with Crippen LogP contribution >= 0.6 is 15.9 Å². The Labute approximate surface area is 132 Å². The van der Waals surface area contributed by atoms with Gasteiger partial charge in [0, 0.05) is 10.4 Å². The fraction of sp³-hybridized carbons (Fsp3) is 0.222. The van der Waals surface area contributed by atoms with Gasteiger partial charge in [-0.05, 0) is 35.6 Å². The number of nitriles is 1. The van der Waals surface area contributed by atoms with Crippen molar-refractivity contribution >= 4 is 21.7 Å². The molecule has 0 radical (unpaired) electrons. The Morgan fingerprint density at radius 3 is 2.62 bits per heavy atom. The predicted octanol–water partition coefficient (Wildman–Crippen LogP) is 4.43. The van der Waals surface area contributed by atoms with Crippen molar-refractivity contribution in [3.8, 4) is 6.07 Å². The highest BCUT2D eigenvalue weighted by Crippen LogP contribution is 2.50. The summed E-state index contributed by atoms with van der Waals surface area (Å²) >= 11 is 3.39. The lowest BCUT2D eigenvalue weighted by molar-refractivity contribution is -0.120. The molecule has 1 saturated carbocycles. The second-order valence-corrected chi connectivity index (χ2v) is 6.29. The molecule has 1 aliphatic carbocycles. The maximum Gasteiger partial charge on any atom is 0.158 e. The van der Waals surface area contributed by atoms with Crippen molar-refractivity contribution in [3.63, 3.8) is 0 Å². The molecular weight excluding hydrogens is 326 g/mol. The lowest BCUT2D eigenvalue weighted by atomic mass is 9.92. The van der Waals surface area contributed by atoms with E-state index in [0.29, 0.717) is 0 Å². The zero-order chi connectivity index (χ0) is 14.8. The number of carbonyl (C=O) groups excluding carboxylic acids is 1. The summed E-state index contributed by atoms with van der Waals surface area (Å²) in [5.41, 5.74) is 1.97. The van der Waals surface area contributed by atoms with Crippen LogP contribution in [-0.2, 0) is 4.79 Å². The highest BCUT2D eigenvalue weighted by atomic mass is 79.9. The summed E-state index contributed by atoms with van der Waals surface area (Å²) in [7, 11) is 0. The minimum atomic E-state index is -0.666. The van der Waals surface area contributed by atoms with Crippen LogP contribution in [-0.4, -0.2) is 5.78 Å². The summed E-state index contributed by atoms with van der Waals surface area (Å²) in [5.74, 6) is -0.358. The number of hydrogen-bond acceptors (Lipinski definition) is 2. The second kappa shape index (κ2) is 5.83. The zero-order valence-electron chi connectivity index (χ0n) is 11.4. The van der Waals surface area contributed by atoms with Crippen molar-refractivity contribution in [1.82, 2.24) is 0 Å². The van der Waals surface area contributed by atoms with Gasteiger partial charge in [0.2, 0.25) is 0 Å². The number of benzene rings is 2. The molecule has 3 unspecified atom stereocenters. The largest absolute Gasteiger partial charge is 0.298 e. The average molecular weight is 340 g/mol. The lowest BCUT2D eigenvalue weighted by Gasteiger charge is -2.09. The Bertz CT molecular complexity index is 705. The van der Waals surface area contributed by atoms with E-state index in [1.54, 1.807) is 0 Å². The lowest BCUT2D eigenvalue weighted by Crippen LogP contribution is -2.13. The molecule has 3 rings (SSSR count). The van der Waals surface area contributed by atoms with Gasteiger partial charge in [0.1, 0.15) is 5.92 Å². The summed E-state index contributed by atoms with van der Waals surface area (Å²) in [4.78, 5) is 12.6. The van der Waals surface area contributed by atoms with Crippen molar-refractivity contribution in [2.24, 2.45) is 5.92 Å². The third-order valence-corrected chi connectivity index (χ3v) is 4.47. The number of hydrogen-bond donors (Lipinski definition) is 0. The van der Waals surface area contributed by atoms with E-state index in [2.05, 4.69) is 34.1 Å². The number of Topliss-reactive ketones (excluding diaryl/α,β-unsaturated/α-hetero) is 1. The summed E-state index contributed by atoms with van der Waals surface area (Å²) in [6.45, 7) is 0. The minimum absolute atomic E-state index is 0.0176. The summed E-state index contributed by atoms with van der Waals surface area (Å²) in [6.07, 6.45) is 0.856. The summed E-state index contributed by atoms with van der Waals surface area (Å²) < 4.78 is 0.892. The van der Waals surface area contributed by atoms with E-state index < -0.39 is 5.92 Å². The highest BCUT2D eigenvalue weighted by molar-refractivity contribution is 9.10. The Morgan fingerprint density at radius 1 is 1.19 bits per heavy atom. The number of rotatable bonds is 4. The van der Waals surface area contributed by atoms with Gasteiger partial charge in [-0.25, -0.2) is 0 Å². The molecule has 0 aliphatic heterocycles. The van der Waals surface area contributed by atoms with Crippen molar-refractivity contribution in [1.29, 1.82) is 5.26 Å². The van der Waals surface area contributed by atoms with Gasteiger partial charge in [0.15, 0.2) is 5.78 Å². The molecule has 2 aromatic rings. The quantitative estimate of drug-likeness (QED) is 0.826. The molecule has 2 nitrogen and oxygen atoms in total. The van der Waals surface area contributed by atoms with Crippen LogP contribution in [0.4, 0.5) is 0 Å². The van der Waals surface area contributed by atoms with Crippen LogP contribution in [0.2, 0.25) is 0 Å². The minimum Gasteiger partial charge on any atom is -0.298 e. The smallest absolute Gasteiger partial charge is 0.158 e. The van der Waals surface area contributed by atoms with Gasteiger partial charge in [-0.1, -0.05) is 58.4 Å². The molecule has 0 amide bonds. The highest BCUT2D eigenvalue weighted by Gasteiger charge is 2.46. The van der Waals surface area contributed by atoms with Gasteiger partial charge >= 0.3 is 0 Å². The van der Waals surface area contributed by atoms with E-state index in [0.717, 1.165) is 16.5 Å². The molecule has 0 bridgehead atoms. The SMILES string of the molecule is N#CC(C(=O)C1CC1c1ccccc1)c1cccc(Br)c1.